The van der Waals surface area contributed by atoms with Gasteiger partial charge in [-0.05, 0) is 12.5 Å². The van der Waals surface area contributed by atoms with Crippen LogP contribution in [0.15, 0.2) is 23.5 Å². The molecular weight excluding hydrogens is 388 g/mol. The standard InChI is InChI=1S/C18H21ClN4O3S/c1-10-8-20-13(16(19)17(10)23(2)3)9-27(24)18-21-11-6-14(25-4)15(26-5)7-12(11)22-18/h6-8H,9H2,1-5H3,(H,21,22). The van der Waals surface area contributed by atoms with Crippen LogP contribution in [0.1, 0.15) is 11.3 Å². The first-order chi connectivity index (χ1) is 12.8. The second-order valence-corrected chi connectivity index (χ2v) is 7.95. The number of anilines is 1. The molecule has 1 atom stereocenters. The van der Waals surface area contributed by atoms with Crippen LogP contribution in [-0.4, -0.2) is 47.5 Å². The highest BCUT2D eigenvalue weighted by molar-refractivity contribution is 7.84. The number of hydrogen-bond acceptors (Lipinski definition) is 6. The first-order valence-electron chi connectivity index (χ1n) is 8.17. The van der Waals surface area contributed by atoms with Gasteiger partial charge in [0, 0.05) is 32.4 Å². The van der Waals surface area contributed by atoms with Gasteiger partial charge in [-0.1, -0.05) is 11.6 Å². The number of aryl methyl sites for hydroxylation is 1. The molecule has 3 rings (SSSR count). The number of methoxy groups -OCH3 is 2. The average molecular weight is 409 g/mol. The van der Waals surface area contributed by atoms with Gasteiger partial charge >= 0.3 is 0 Å². The van der Waals surface area contributed by atoms with E-state index in [0.29, 0.717) is 38.4 Å². The molecule has 0 aliphatic heterocycles. The number of aromatic nitrogens is 3. The lowest BCUT2D eigenvalue weighted by Crippen LogP contribution is -2.13. The van der Waals surface area contributed by atoms with Crippen LogP contribution in [0.5, 0.6) is 11.5 Å². The SMILES string of the molecule is COc1cc2nc(S(=O)Cc3ncc(C)c(N(C)C)c3Cl)[nH]c2cc1OC. The van der Waals surface area contributed by atoms with Gasteiger partial charge in [-0.3, -0.25) is 9.19 Å². The van der Waals surface area contributed by atoms with Gasteiger partial charge in [-0.25, -0.2) is 4.98 Å². The number of hydrogen-bond donors (Lipinski definition) is 1. The Morgan fingerprint density at radius 1 is 1.22 bits per heavy atom. The third-order valence-corrected chi connectivity index (χ3v) is 5.70. The van der Waals surface area contributed by atoms with Crippen molar-refractivity contribution in [2.24, 2.45) is 0 Å². The maximum absolute atomic E-state index is 12.9. The second-order valence-electron chi connectivity index (χ2n) is 6.20. The van der Waals surface area contributed by atoms with E-state index >= 15 is 0 Å². The second kappa shape index (κ2) is 7.74. The average Bonchev–Trinajstić information content (AvgIpc) is 3.05. The minimum atomic E-state index is -1.44. The lowest BCUT2D eigenvalue weighted by atomic mass is 10.2. The number of rotatable bonds is 6. The molecule has 1 unspecified atom stereocenters. The van der Waals surface area contributed by atoms with Gasteiger partial charge in [0.2, 0.25) is 0 Å². The number of imidazole rings is 1. The molecule has 1 aromatic carbocycles. The monoisotopic (exact) mass is 408 g/mol. The van der Waals surface area contributed by atoms with Crippen molar-refractivity contribution in [1.29, 1.82) is 0 Å². The maximum Gasteiger partial charge on any atom is 0.197 e. The van der Waals surface area contributed by atoms with E-state index in [0.717, 1.165) is 11.3 Å². The summed E-state index contributed by atoms with van der Waals surface area (Å²) in [5, 5.41) is 0.859. The van der Waals surface area contributed by atoms with Crippen LogP contribution in [0, 0.1) is 6.92 Å². The van der Waals surface area contributed by atoms with Crippen LogP contribution < -0.4 is 14.4 Å². The van der Waals surface area contributed by atoms with Gasteiger partial charge in [0.05, 0.1) is 58.2 Å². The van der Waals surface area contributed by atoms with E-state index in [2.05, 4.69) is 15.0 Å². The molecule has 0 amide bonds. The first kappa shape index (κ1) is 19.4. The zero-order valence-electron chi connectivity index (χ0n) is 15.8. The van der Waals surface area contributed by atoms with Crippen LogP contribution in [0.25, 0.3) is 11.0 Å². The molecule has 0 radical (unpaired) electrons. The number of nitrogens with one attached hydrogen (secondary N) is 1. The number of H-pyrrole nitrogens is 1. The summed E-state index contributed by atoms with van der Waals surface area (Å²) >= 11 is 6.50. The van der Waals surface area contributed by atoms with E-state index in [1.807, 2.05) is 25.9 Å². The van der Waals surface area contributed by atoms with E-state index in [1.165, 1.54) is 0 Å². The van der Waals surface area contributed by atoms with Crippen molar-refractivity contribution in [3.63, 3.8) is 0 Å². The molecule has 27 heavy (non-hydrogen) atoms. The molecule has 0 aliphatic carbocycles. The van der Waals surface area contributed by atoms with Crippen molar-refractivity contribution in [2.45, 2.75) is 17.8 Å². The van der Waals surface area contributed by atoms with Gasteiger partial charge in [0.1, 0.15) is 0 Å². The Balaban J connectivity index is 1.94. The Kier molecular flexibility index (Phi) is 5.57. The maximum atomic E-state index is 12.9. The van der Waals surface area contributed by atoms with Crippen molar-refractivity contribution in [1.82, 2.24) is 15.0 Å². The van der Waals surface area contributed by atoms with E-state index in [9.17, 15) is 4.21 Å². The summed E-state index contributed by atoms with van der Waals surface area (Å²) in [5.41, 5.74) is 3.76. The zero-order chi connectivity index (χ0) is 19.7. The number of aromatic amines is 1. The first-order valence-corrected chi connectivity index (χ1v) is 9.86. The smallest absolute Gasteiger partial charge is 0.197 e. The normalized spacial score (nSPS) is 12.2. The molecule has 0 aliphatic rings. The van der Waals surface area contributed by atoms with Crippen molar-refractivity contribution in [2.75, 3.05) is 33.2 Å². The van der Waals surface area contributed by atoms with Gasteiger partial charge in [0.15, 0.2) is 16.7 Å². The van der Waals surface area contributed by atoms with Gasteiger partial charge in [0.25, 0.3) is 0 Å². The molecule has 0 saturated heterocycles. The Labute approximate surface area is 165 Å². The molecule has 0 bridgehead atoms. The predicted octanol–water partition coefficient (Wildman–Crippen LogP) is 3.31. The van der Waals surface area contributed by atoms with Gasteiger partial charge in [-0.15, -0.1) is 0 Å². The highest BCUT2D eigenvalue weighted by Crippen LogP contribution is 2.33. The molecule has 0 saturated carbocycles. The molecule has 144 valence electrons. The topological polar surface area (TPSA) is 80.3 Å². The molecule has 0 spiro atoms. The highest BCUT2D eigenvalue weighted by atomic mass is 35.5. The molecular formula is C18H21ClN4O3S. The Bertz CT molecular complexity index is 978. The number of benzene rings is 1. The number of fused-ring (bicyclic) bond motifs is 1. The summed E-state index contributed by atoms with van der Waals surface area (Å²) in [4.78, 5) is 13.8. The minimum Gasteiger partial charge on any atom is -0.493 e. The number of nitrogens with zero attached hydrogens (tertiary/aromatic N) is 3. The number of ether oxygens (including phenoxy) is 2. The van der Waals surface area contributed by atoms with Crippen LogP contribution >= 0.6 is 11.6 Å². The fourth-order valence-corrected chi connectivity index (χ4v) is 4.41. The molecule has 9 heteroatoms. The highest BCUT2D eigenvalue weighted by Gasteiger charge is 2.18. The fourth-order valence-electron chi connectivity index (χ4n) is 2.87. The Morgan fingerprint density at radius 2 is 1.89 bits per heavy atom. The van der Waals surface area contributed by atoms with Crippen LogP contribution in [-0.2, 0) is 16.6 Å². The quantitative estimate of drug-likeness (QED) is 0.674. The number of pyridine rings is 1. The Morgan fingerprint density at radius 3 is 2.52 bits per heavy atom. The van der Waals surface area contributed by atoms with E-state index in [1.54, 1.807) is 32.5 Å². The van der Waals surface area contributed by atoms with Crippen LogP contribution in [0.3, 0.4) is 0 Å². The van der Waals surface area contributed by atoms with Gasteiger partial charge < -0.3 is 19.4 Å². The van der Waals surface area contributed by atoms with Crippen molar-refractivity contribution < 1.29 is 13.7 Å². The van der Waals surface area contributed by atoms with Crippen molar-refractivity contribution in [3.8, 4) is 11.5 Å². The van der Waals surface area contributed by atoms with Crippen LogP contribution in [0.4, 0.5) is 5.69 Å². The minimum absolute atomic E-state index is 0.161. The van der Waals surface area contributed by atoms with E-state index < -0.39 is 10.8 Å². The summed E-state index contributed by atoms with van der Waals surface area (Å²) in [5.74, 6) is 1.30. The third-order valence-electron chi connectivity index (χ3n) is 4.14. The van der Waals surface area contributed by atoms with E-state index in [4.69, 9.17) is 21.1 Å². The van der Waals surface area contributed by atoms with Crippen LogP contribution in [0.2, 0.25) is 5.02 Å². The summed E-state index contributed by atoms with van der Waals surface area (Å²) in [6.45, 7) is 1.94. The summed E-state index contributed by atoms with van der Waals surface area (Å²) < 4.78 is 23.4. The third kappa shape index (κ3) is 3.72. The predicted molar refractivity (Wildman–Crippen MR) is 108 cm³/mol. The number of halogens is 1. The lowest BCUT2D eigenvalue weighted by molar-refractivity contribution is 0.356. The molecule has 2 heterocycles. The van der Waals surface area contributed by atoms with Crippen molar-refractivity contribution >= 4 is 39.1 Å². The lowest BCUT2D eigenvalue weighted by Gasteiger charge is -2.18. The summed E-state index contributed by atoms with van der Waals surface area (Å²) in [6.07, 6.45) is 1.74. The largest absolute Gasteiger partial charge is 0.493 e. The molecule has 7 nitrogen and oxygen atoms in total. The Hall–Kier alpha value is -2.32. The summed E-state index contributed by atoms with van der Waals surface area (Å²) in [6, 6.07) is 3.51. The molecule has 0 fully saturated rings. The molecule has 2 aromatic heterocycles. The van der Waals surface area contributed by atoms with Crippen molar-refractivity contribution in [3.05, 3.63) is 34.6 Å². The summed E-state index contributed by atoms with van der Waals surface area (Å²) in [7, 11) is 5.51. The van der Waals surface area contributed by atoms with E-state index in [-0.39, 0.29) is 5.75 Å². The molecule has 3 aromatic rings. The zero-order valence-corrected chi connectivity index (χ0v) is 17.4. The fraction of sp³-hybridized carbons (Fsp3) is 0.333. The van der Waals surface area contributed by atoms with Gasteiger partial charge in [-0.2, -0.15) is 0 Å². The molecule has 1 N–H and O–H groups in total.